The van der Waals surface area contributed by atoms with Gasteiger partial charge in [-0.1, -0.05) is 24.4 Å². The molecule has 1 aliphatic heterocycles. The molecular formula is C18H25N3O2. The molecule has 23 heavy (non-hydrogen) atoms. The normalized spacial score (nSPS) is 16.2. The minimum atomic E-state index is 0.145. The number of rotatable bonds is 2. The smallest absolute Gasteiger partial charge is 0.255 e. The highest BCUT2D eigenvalue weighted by molar-refractivity contribution is 5.96. The molecule has 0 N–H and O–H groups in total. The molecule has 2 aromatic rings. The lowest BCUT2D eigenvalue weighted by molar-refractivity contribution is 0.0741. The number of nitrogens with zero attached hydrogens (tertiary/aromatic N) is 3. The second kappa shape index (κ2) is 6.60. The van der Waals surface area contributed by atoms with Gasteiger partial charge in [-0.3, -0.25) is 9.36 Å². The Balaban J connectivity index is 1.89. The molecule has 0 radical (unpaired) electrons. The van der Waals surface area contributed by atoms with Crippen LogP contribution in [0.15, 0.2) is 16.7 Å². The van der Waals surface area contributed by atoms with Crippen molar-refractivity contribution in [3.05, 3.63) is 34.8 Å². The first-order chi connectivity index (χ1) is 11.1. The lowest BCUT2D eigenvalue weighted by Gasteiger charge is -2.24. The second-order valence-corrected chi connectivity index (χ2v) is 6.48. The summed E-state index contributed by atoms with van der Waals surface area (Å²) in [6.07, 6.45) is 5.95. The van der Waals surface area contributed by atoms with Gasteiger partial charge in [0.1, 0.15) is 5.76 Å². The Hall–Kier alpha value is -2.04. The number of carbonyl (C=O) groups excluding carboxylic acids is 1. The molecule has 124 valence electrons. The van der Waals surface area contributed by atoms with Crippen molar-refractivity contribution in [3.63, 3.8) is 0 Å². The minimum absolute atomic E-state index is 0.145. The summed E-state index contributed by atoms with van der Waals surface area (Å²) in [5, 5.41) is 4.08. The third kappa shape index (κ3) is 3.19. The lowest BCUT2D eigenvalue weighted by atomic mass is 10.1. The molecule has 0 aliphatic carbocycles. The third-order valence-corrected chi connectivity index (χ3v) is 4.65. The van der Waals surface area contributed by atoms with Crippen LogP contribution in [0.5, 0.6) is 0 Å². The summed E-state index contributed by atoms with van der Waals surface area (Å²) in [5.41, 5.74) is 2.72. The molecule has 0 bridgehead atoms. The first kappa shape index (κ1) is 15.8. The Morgan fingerprint density at radius 1 is 1.04 bits per heavy atom. The highest BCUT2D eigenvalue weighted by Gasteiger charge is 2.23. The molecule has 0 spiro atoms. The molecule has 2 aromatic heterocycles. The van der Waals surface area contributed by atoms with Gasteiger partial charge in [-0.15, -0.1) is 0 Å². The zero-order valence-electron chi connectivity index (χ0n) is 14.3. The first-order valence-electron chi connectivity index (χ1n) is 8.50. The zero-order valence-corrected chi connectivity index (χ0v) is 14.3. The van der Waals surface area contributed by atoms with Gasteiger partial charge in [-0.25, -0.2) is 0 Å². The van der Waals surface area contributed by atoms with E-state index in [0.29, 0.717) is 0 Å². The molecule has 3 heterocycles. The van der Waals surface area contributed by atoms with Gasteiger partial charge in [0.05, 0.1) is 5.56 Å². The van der Waals surface area contributed by atoms with Gasteiger partial charge in [-0.2, -0.15) is 0 Å². The zero-order chi connectivity index (χ0) is 16.4. The van der Waals surface area contributed by atoms with Crippen LogP contribution < -0.4 is 0 Å². The van der Waals surface area contributed by atoms with E-state index < -0.39 is 0 Å². The molecule has 0 saturated carbocycles. The number of amides is 1. The van der Waals surface area contributed by atoms with Crippen molar-refractivity contribution in [2.45, 2.75) is 52.9 Å². The number of likely N-dealkylation sites (tertiary alicyclic amines) is 1. The summed E-state index contributed by atoms with van der Waals surface area (Å²) in [5.74, 6) is 1.65. The minimum Gasteiger partial charge on any atom is -0.360 e. The van der Waals surface area contributed by atoms with E-state index in [1.165, 1.54) is 19.3 Å². The van der Waals surface area contributed by atoms with Crippen LogP contribution in [0.1, 0.15) is 59.6 Å². The Morgan fingerprint density at radius 2 is 1.70 bits per heavy atom. The van der Waals surface area contributed by atoms with Crippen molar-refractivity contribution in [2.24, 2.45) is 0 Å². The summed E-state index contributed by atoms with van der Waals surface area (Å²) in [4.78, 5) is 15.0. The maximum atomic E-state index is 13.0. The van der Waals surface area contributed by atoms with Crippen molar-refractivity contribution in [3.8, 4) is 5.82 Å². The summed E-state index contributed by atoms with van der Waals surface area (Å²) in [6.45, 7) is 7.59. The summed E-state index contributed by atoms with van der Waals surface area (Å²) >= 11 is 0. The largest absolute Gasteiger partial charge is 0.360 e. The molecule has 0 atom stereocenters. The highest BCUT2D eigenvalue weighted by Crippen LogP contribution is 2.23. The molecule has 5 heteroatoms. The second-order valence-electron chi connectivity index (χ2n) is 6.48. The molecule has 5 nitrogen and oxygen atoms in total. The quantitative estimate of drug-likeness (QED) is 0.847. The Bertz CT molecular complexity index is 691. The maximum Gasteiger partial charge on any atom is 0.255 e. The first-order valence-corrected chi connectivity index (χ1v) is 8.50. The van der Waals surface area contributed by atoms with E-state index >= 15 is 0 Å². The molecular weight excluding hydrogens is 290 g/mol. The summed E-state index contributed by atoms with van der Waals surface area (Å²) in [7, 11) is 0. The third-order valence-electron chi connectivity index (χ3n) is 4.65. The fourth-order valence-corrected chi connectivity index (χ4v) is 3.41. The van der Waals surface area contributed by atoms with Crippen molar-refractivity contribution in [1.29, 1.82) is 0 Å². The SMILES string of the molecule is Cc1cc(-n2c(C)cc(C(=O)N3CCCCCCC3)c2C)no1. The summed E-state index contributed by atoms with van der Waals surface area (Å²) < 4.78 is 7.17. The number of carbonyl (C=O) groups is 1. The van der Waals surface area contributed by atoms with E-state index in [1.807, 2.05) is 42.4 Å². The van der Waals surface area contributed by atoms with Crippen molar-refractivity contribution >= 4 is 5.91 Å². The number of aromatic nitrogens is 2. The molecule has 0 aromatic carbocycles. The van der Waals surface area contributed by atoms with E-state index in [-0.39, 0.29) is 5.91 Å². The fraction of sp³-hybridized carbons (Fsp3) is 0.556. The van der Waals surface area contributed by atoms with E-state index in [4.69, 9.17) is 4.52 Å². The average Bonchev–Trinajstić information content (AvgIpc) is 3.01. The number of aryl methyl sites for hydroxylation is 2. The van der Waals surface area contributed by atoms with Crippen LogP contribution in [-0.2, 0) is 0 Å². The molecule has 1 amide bonds. The van der Waals surface area contributed by atoms with Crippen LogP contribution >= 0.6 is 0 Å². The number of hydrogen-bond acceptors (Lipinski definition) is 3. The average molecular weight is 315 g/mol. The van der Waals surface area contributed by atoms with Gasteiger partial charge >= 0.3 is 0 Å². The topological polar surface area (TPSA) is 51.3 Å². The van der Waals surface area contributed by atoms with Crippen LogP contribution in [0, 0.1) is 20.8 Å². The van der Waals surface area contributed by atoms with Crippen molar-refractivity contribution in [1.82, 2.24) is 14.6 Å². The van der Waals surface area contributed by atoms with Crippen molar-refractivity contribution in [2.75, 3.05) is 13.1 Å². The summed E-state index contributed by atoms with van der Waals surface area (Å²) in [6, 6.07) is 3.87. The fourth-order valence-electron chi connectivity index (χ4n) is 3.41. The van der Waals surface area contributed by atoms with Gasteiger partial charge in [0.15, 0.2) is 5.82 Å². The van der Waals surface area contributed by atoms with Gasteiger partial charge in [0, 0.05) is 30.5 Å². The maximum absolute atomic E-state index is 13.0. The van der Waals surface area contributed by atoms with Crippen LogP contribution in [0.25, 0.3) is 5.82 Å². The van der Waals surface area contributed by atoms with Gasteiger partial charge < -0.3 is 9.42 Å². The van der Waals surface area contributed by atoms with Gasteiger partial charge in [0.2, 0.25) is 0 Å². The number of hydrogen-bond donors (Lipinski definition) is 0. The predicted molar refractivity (Wildman–Crippen MR) is 89.0 cm³/mol. The molecule has 1 fully saturated rings. The van der Waals surface area contributed by atoms with Crippen LogP contribution in [0.3, 0.4) is 0 Å². The Labute approximate surface area is 137 Å². The Kier molecular flexibility index (Phi) is 4.55. The van der Waals surface area contributed by atoms with E-state index in [0.717, 1.165) is 54.5 Å². The molecule has 1 aliphatic rings. The molecule has 1 saturated heterocycles. The molecule has 0 unspecified atom stereocenters. The standard InChI is InChI=1S/C18H25N3O2/c1-13-11-16(15(3)21(13)17-12-14(2)23-19-17)18(22)20-9-7-5-4-6-8-10-20/h11-12H,4-10H2,1-3H3. The van der Waals surface area contributed by atoms with E-state index in [2.05, 4.69) is 5.16 Å². The van der Waals surface area contributed by atoms with E-state index in [1.54, 1.807) is 0 Å². The van der Waals surface area contributed by atoms with Gasteiger partial charge in [0.25, 0.3) is 5.91 Å². The monoisotopic (exact) mass is 315 g/mol. The molecule has 3 rings (SSSR count). The van der Waals surface area contributed by atoms with E-state index in [9.17, 15) is 4.79 Å². The van der Waals surface area contributed by atoms with Crippen LogP contribution in [-0.4, -0.2) is 33.6 Å². The predicted octanol–water partition coefficient (Wildman–Crippen LogP) is 3.80. The highest BCUT2D eigenvalue weighted by atomic mass is 16.5. The van der Waals surface area contributed by atoms with Crippen molar-refractivity contribution < 1.29 is 9.32 Å². The van der Waals surface area contributed by atoms with Crippen LogP contribution in [0.2, 0.25) is 0 Å². The Morgan fingerprint density at radius 3 is 2.30 bits per heavy atom. The lowest BCUT2D eigenvalue weighted by Crippen LogP contribution is -2.34. The van der Waals surface area contributed by atoms with Gasteiger partial charge in [-0.05, 0) is 39.7 Å². The van der Waals surface area contributed by atoms with Crippen LogP contribution in [0.4, 0.5) is 0 Å².